The molecule has 0 aromatic carbocycles. The third kappa shape index (κ3) is 64.5. The van der Waals surface area contributed by atoms with E-state index in [9.17, 15) is 14.4 Å². The molecule has 1 unspecified atom stereocenters. The Bertz CT molecular complexity index is 1640. The summed E-state index contributed by atoms with van der Waals surface area (Å²) in [6.45, 7) is 6.41. The van der Waals surface area contributed by atoms with Crippen LogP contribution in [0.3, 0.4) is 0 Å². The summed E-state index contributed by atoms with van der Waals surface area (Å²) in [5, 5.41) is 0. The molecule has 0 aliphatic carbocycles. The summed E-state index contributed by atoms with van der Waals surface area (Å²) >= 11 is 0. The largest absolute Gasteiger partial charge is 0.462 e. The Kier molecular flexibility index (Phi) is 62.8. The van der Waals surface area contributed by atoms with Gasteiger partial charge in [-0.1, -0.05) is 277 Å². The van der Waals surface area contributed by atoms with Crippen LogP contribution in [0.4, 0.5) is 0 Å². The van der Waals surface area contributed by atoms with Crippen LogP contribution in [0.15, 0.2) is 122 Å². The second kappa shape index (κ2) is 66.3. The highest BCUT2D eigenvalue weighted by atomic mass is 16.6. The van der Waals surface area contributed by atoms with E-state index in [1.165, 1.54) is 128 Å². The molecule has 6 nitrogen and oxygen atoms in total. The summed E-state index contributed by atoms with van der Waals surface area (Å²) in [7, 11) is 0. The lowest BCUT2D eigenvalue weighted by Gasteiger charge is -2.18. The van der Waals surface area contributed by atoms with Crippen LogP contribution in [0, 0.1) is 0 Å². The molecule has 0 saturated heterocycles. The highest BCUT2D eigenvalue weighted by Gasteiger charge is 2.19. The minimum Gasteiger partial charge on any atom is -0.462 e. The van der Waals surface area contributed by atoms with Gasteiger partial charge in [0, 0.05) is 19.3 Å². The van der Waals surface area contributed by atoms with E-state index in [1.807, 2.05) is 0 Å². The predicted molar refractivity (Wildman–Crippen MR) is 343 cm³/mol. The summed E-state index contributed by atoms with van der Waals surface area (Å²) < 4.78 is 16.9. The molecule has 0 spiro atoms. The molecule has 0 saturated carbocycles. The number of allylic oxidation sites excluding steroid dienone is 20. The van der Waals surface area contributed by atoms with Crippen molar-refractivity contribution in [2.24, 2.45) is 0 Å². The fourth-order valence-corrected chi connectivity index (χ4v) is 9.04. The van der Waals surface area contributed by atoms with Crippen molar-refractivity contribution in [2.75, 3.05) is 13.2 Å². The smallest absolute Gasteiger partial charge is 0.306 e. The normalized spacial score (nSPS) is 12.9. The first-order valence-corrected chi connectivity index (χ1v) is 33.0. The van der Waals surface area contributed by atoms with Crippen LogP contribution in [0.2, 0.25) is 0 Å². The lowest BCUT2D eigenvalue weighted by Crippen LogP contribution is -2.30. The topological polar surface area (TPSA) is 78.9 Å². The fourth-order valence-electron chi connectivity index (χ4n) is 9.04. The first-order valence-electron chi connectivity index (χ1n) is 33.0. The molecule has 0 aliphatic heterocycles. The molecule has 0 N–H and O–H groups in total. The van der Waals surface area contributed by atoms with Crippen LogP contribution in [-0.2, 0) is 28.6 Å². The monoisotopic (exact) mass is 1090 g/mol. The summed E-state index contributed by atoms with van der Waals surface area (Å²) in [4.78, 5) is 38.4. The van der Waals surface area contributed by atoms with Crippen LogP contribution < -0.4 is 0 Å². The number of ether oxygens (including phenoxy) is 3. The van der Waals surface area contributed by atoms with Crippen molar-refractivity contribution >= 4 is 17.9 Å². The molecule has 0 rings (SSSR count). The van der Waals surface area contributed by atoms with Crippen LogP contribution in [0.25, 0.3) is 0 Å². The number of esters is 3. The Morgan fingerprint density at radius 2 is 0.494 bits per heavy atom. The second-order valence-electron chi connectivity index (χ2n) is 21.6. The number of carbonyl (C=O) groups excluding carboxylic acids is 3. The molecule has 0 radical (unpaired) electrons. The van der Waals surface area contributed by atoms with Gasteiger partial charge in [-0.3, -0.25) is 14.4 Å². The Morgan fingerprint density at radius 3 is 0.772 bits per heavy atom. The third-order valence-electron chi connectivity index (χ3n) is 13.9. The number of hydrogen-bond donors (Lipinski definition) is 0. The Labute approximate surface area is 488 Å². The molecule has 0 bridgehead atoms. The zero-order chi connectivity index (χ0) is 57.1. The highest BCUT2D eigenvalue weighted by molar-refractivity contribution is 5.71. The number of carbonyl (C=O) groups is 3. The van der Waals surface area contributed by atoms with E-state index in [0.29, 0.717) is 19.3 Å². The van der Waals surface area contributed by atoms with Gasteiger partial charge in [0.2, 0.25) is 0 Å². The lowest BCUT2D eigenvalue weighted by molar-refractivity contribution is -0.167. The van der Waals surface area contributed by atoms with Gasteiger partial charge in [-0.2, -0.15) is 0 Å². The molecule has 6 heteroatoms. The van der Waals surface area contributed by atoms with Crippen LogP contribution in [0.5, 0.6) is 0 Å². The summed E-state index contributed by atoms with van der Waals surface area (Å²) in [6.07, 6.45) is 92.0. The number of rotatable bonds is 59. The van der Waals surface area contributed by atoms with Gasteiger partial charge in [-0.25, -0.2) is 0 Å². The van der Waals surface area contributed by atoms with Gasteiger partial charge in [0.25, 0.3) is 0 Å². The van der Waals surface area contributed by atoms with Crippen molar-refractivity contribution < 1.29 is 28.6 Å². The maximum absolute atomic E-state index is 12.9. The zero-order valence-corrected chi connectivity index (χ0v) is 51.6. The van der Waals surface area contributed by atoms with Gasteiger partial charge in [0.15, 0.2) is 6.10 Å². The molecular formula is C73H122O6. The maximum Gasteiger partial charge on any atom is 0.306 e. The van der Waals surface area contributed by atoms with Gasteiger partial charge < -0.3 is 14.2 Å². The first kappa shape index (κ1) is 74.8. The van der Waals surface area contributed by atoms with E-state index >= 15 is 0 Å². The molecule has 0 heterocycles. The Balaban J connectivity index is 4.43. The van der Waals surface area contributed by atoms with Gasteiger partial charge in [-0.15, -0.1) is 0 Å². The zero-order valence-electron chi connectivity index (χ0n) is 51.6. The summed E-state index contributed by atoms with van der Waals surface area (Å²) in [5.74, 6) is -0.910. The highest BCUT2D eigenvalue weighted by Crippen LogP contribution is 2.16. The van der Waals surface area contributed by atoms with E-state index in [4.69, 9.17) is 14.2 Å². The minimum absolute atomic E-state index is 0.0908. The predicted octanol–water partition coefficient (Wildman–Crippen LogP) is 22.8. The van der Waals surface area contributed by atoms with Gasteiger partial charge in [0.1, 0.15) is 13.2 Å². The standard InChI is InChI=1S/C73H122O6/c1-4-7-10-13-16-19-22-25-28-31-33-35-36-38-39-42-45-48-51-54-57-60-63-66-72(75)78-69-70(68-77-71(74)65-62-59-56-53-50-47-44-41-30-27-24-21-18-15-12-9-6-3)79-73(76)67-64-61-58-55-52-49-46-43-40-37-34-32-29-26-23-20-17-14-11-8-5-2/h7,9-10,12,16,18-19,21,23,25-28,30,32-35,40,43,70H,4-6,8,11,13-15,17,20,22,24,29,31,36-39,41-42,44-69H2,1-3H3/b10-7-,12-9-,19-16-,21-18-,26-23-,28-25-,30-27-,34-32-,35-33-,43-40-. The summed E-state index contributed by atoms with van der Waals surface area (Å²) in [5.41, 5.74) is 0. The van der Waals surface area contributed by atoms with Crippen LogP contribution in [0.1, 0.15) is 303 Å². The average molecular weight is 1100 g/mol. The van der Waals surface area contributed by atoms with Crippen molar-refractivity contribution in [2.45, 2.75) is 309 Å². The molecule has 450 valence electrons. The van der Waals surface area contributed by atoms with Crippen molar-refractivity contribution in [3.8, 4) is 0 Å². The van der Waals surface area contributed by atoms with Crippen molar-refractivity contribution in [3.63, 3.8) is 0 Å². The minimum atomic E-state index is -0.797. The number of hydrogen-bond acceptors (Lipinski definition) is 6. The van der Waals surface area contributed by atoms with Gasteiger partial charge >= 0.3 is 17.9 Å². The van der Waals surface area contributed by atoms with E-state index in [-0.39, 0.29) is 31.1 Å². The Hall–Kier alpha value is -4.19. The first-order chi connectivity index (χ1) is 39.0. The molecular weight excluding hydrogens is 973 g/mol. The van der Waals surface area contributed by atoms with E-state index in [0.717, 1.165) is 135 Å². The molecule has 0 aromatic heterocycles. The molecule has 0 amide bonds. The maximum atomic E-state index is 12.9. The van der Waals surface area contributed by atoms with Crippen LogP contribution >= 0.6 is 0 Å². The van der Waals surface area contributed by atoms with E-state index in [1.54, 1.807) is 0 Å². The van der Waals surface area contributed by atoms with Crippen molar-refractivity contribution in [1.82, 2.24) is 0 Å². The third-order valence-corrected chi connectivity index (χ3v) is 13.9. The SMILES string of the molecule is CC/C=C\C/C=C\C/C=C\C/C=C\CCCCCCCCCCCCC(=O)OCC(COC(=O)CCCCCCCCC/C=C\C/C=C\C/C=C\CC)OC(=O)CCCCCCCC/C=C\C/C=C\C/C=C\CCCCCCC. The molecule has 79 heavy (non-hydrogen) atoms. The average Bonchev–Trinajstić information content (AvgIpc) is 3.45. The second-order valence-corrected chi connectivity index (χ2v) is 21.6. The Morgan fingerprint density at radius 1 is 0.266 bits per heavy atom. The van der Waals surface area contributed by atoms with E-state index < -0.39 is 6.10 Å². The van der Waals surface area contributed by atoms with Crippen molar-refractivity contribution in [3.05, 3.63) is 122 Å². The quantitative estimate of drug-likeness (QED) is 0.0261. The van der Waals surface area contributed by atoms with Crippen molar-refractivity contribution in [1.29, 1.82) is 0 Å². The number of unbranched alkanes of at least 4 members (excludes halogenated alkanes) is 28. The molecule has 0 fully saturated rings. The molecule has 0 aromatic rings. The fraction of sp³-hybridized carbons (Fsp3) is 0.685. The molecule has 0 aliphatic rings. The molecule has 1 atom stereocenters. The van der Waals surface area contributed by atoms with E-state index in [2.05, 4.69) is 142 Å². The van der Waals surface area contributed by atoms with Crippen LogP contribution in [-0.4, -0.2) is 37.2 Å². The summed E-state index contributed by atoms with van der Waals surface area (Å²) in [6, 6.07) is 0. The van der Waals surface area contributed by atoms with Gasteiger partial charge in [-0.05, 0) is 128 Å². The van der Waals surface area contributed by atoms with Gasteiger partial charge in [0.05, 0.1) is 0 Å². The lowest BCUT2D eigenvalue weighted by atomic mass is 10.1.